The highest BCUT2D eigenvalue weighted by Gasteiger charge is 2.70. The Morgan fingerprint density at radius 1 is 1.06 bits per heavy atom. The highest BCUT2D eigenvalue weighted by atomic mass is 16.7. The molecule has 0 aromatic rings. The number of carbonyl (C=O) groups is 2. The summed E-state index contributed by atoms with van der Waals surface area (Å²) in [6, 6.07) is 0. The van der Waals surface area contributed by atoms with E-state index in [1.165, 1.54) is 0 Å². The number of hydrogen-bond donors (Lipinski definition) is 1. The predicted molar refractivity (Wildman–Crippen MR) is 120 cm³/mol. The second-order valence-corrected chi connectivity index (χ2v) is 13.0. The fraction of sp³-hybridized carbons (Fsp3) is 0.926. The summed E-state index contributed by atoms with van der Waals surface area (Å²) in [5.41, 5.74) is -0.221. The summed E-state index contributed by atoms with van der Waals surface area (Å²) in [6.07, 6.45) is 6.83. The van der Waals surface area contributed by atoms with E-state index in [1.807, 2.05) is 0 Å². The van der Waals surface area contributed by atoms with Gasteiger partial charge in [0.1, 0.15) is 6.10 Å². The lowest BCUT2D eigenvalue weighted by Crippen LogP contribution is -2.56. The molecule has 1 N–H and O–H groups in total. The third-order valence-corrected chi connectivity index (χ3v) is 11.6. The van der Waals surface area contributed by atoms with Crippen molar-refractivity contribution in [2.24, 2.45) is 52.3 Å². The average Bonchev–Trinajstić information content (AvgIpc) is 3.34. The van der Waals surface area contributed by atoms with Crippen molar-refractivity contribution in [3.05, 3.63) is 0 Å². The van der Waals surface area contributed by atoms with Crippen LogP contribution >= 0.6 is 0 Å². The molecule has 3 heterocycles. The first-order valence-corrected chi connectivity index (χ1v) is 13.3. The molecule has 3 aliphatic carbocycles. The Balaban J connectivity index is 1.31. The van der Waals surface area contributed by atoms with Crippen LogP contribution in [-0.2, 0) is 23.8 Å². The molecule has 1 spiro atoms. The minimum absolute atomic E-state index is 0.0312. The first-order chi connectivity index (χ1) is 15.6. The number of rotatable bonds is 2. The minimum atomic E-state index is -0.754. The zero-order valence-electron chi connectivity index (χ0n) is 20.5. The Kier molecular flexibility index (Phi) is 4.87. The van der Waals surface area contributed by atoms with Crippen molar-refractivity contribution in [3.8, 4) is 0 Å². The number of carbonyl (C=O) groups excluding carboxylic acids is 1. The van der Waals surface area contributed by atoms with E-state index < -0.39 is 11.8 Å². The predicted octanol–water partition coefficient (Wildman–Crippen LogP) is 4.65. The second kappa shape index (κ2) is 7.19. The Hall–Kier alpha value is -1.14. The normalized spacial score (nSPS) is 57.2. The van der Waals surface area contributed by atoms with E-state index in [9.17, 15) is 14.7 Å². The Bertz CT molecular complexity index is 848. The maximum atomic E-state index is 12.3. The summed E-state index contributed by atoms with van der Waals surface area (Å²) in [4.78, 5) is 24.2. The monoisotopic (exact) mass is 460 g/mol. The largest absolute Gasteiger partial charge is 0.481 e. The molecular formula is C27H40O6. The van der Waals surface area contributed by atoms with Gasteiger partial charge in [-0.1, -0.05) is 27.7 Å². The molecule has 12 atom stereocenters. The van der Waals surface area contributed by atoms with Crippen LogP contribution in [0.15, 0.2) is 0 Å². The zero-order valence-corrected chi connectivity index (χ0v) is 20.5. The molecule has 0 bridgehead atoms. The maximum absolute atomic E-state index is 12.3. The lowest BCUT2D eigenvalue weighted by atomic mass is 9.45. The van der Waals surface area contributed by atoms with Crippen molar-refractivity contribution in [1.29, 1.82) is 0 Å². The molecule has 184 valence electrons. The molecule has 3 aliphatic heterocycles. The van der Waals surface area contributed by atoms with E-state index >= 15 is 0 Å². The van der Waals surface area contributed by atoms with Gasteiger partial charge in [0.25, 0.3) is 0 Å². The van der Waals surface area contributed by atoms with Gasteiger partial charge in [-0.2, -0.15) is 0 Å². The highest BCUT2D eigenvalue weighted by Crippen LogP contribution is 2.71. The Morgan fingerprint density at radius 3 is 2.55 bits per heavy atom. The molecule has 3 saturated carbocycles. The van der Waals surface area contributed by atoms with Gasteiger partial charge in [-0.15, -0.1) is 0 Å². The highest BCUT2D eigenvalue weighted by molar-refractivity contribution is 5.73. The summed E-state index contributed by atoms with van der Waals surface area (Å²) < 4.78 is 19.1. The molecule has 33 heavy (non-hydrogen) atoms. The van der Waals surface area contributed by atoms with Crippen LogP contribution in [0, 0.1) is 52.3 Å². The summed E-state index contributed by atoms with van der Waals surface area (Å²) in [5.74, 6) is 1.38. The third kappa shape index (κ3) is 2.98. The van der Waals surface area contributed by atoms with Crippen LogP contribution in [-0.4, -0.2) is 41.6 Å². The number of carboxylic acids is 1. The van der Waals surface area contributed by atoms with E-state index in [4.69, 9.17) is 14.2 Å². The first-order valence-electron chi connectivity index (χ1n) is 13.3. The van der Waals surface area contributed by atoms with Gasteiger partial charge in [0.05, 0.1) is 25.6 Å². The van der Waals surface area contributed by atoms with Gasteiger partial charge in [-0.3, -0.25) is 9.59 Å². The Morgan fingerprint density at radius 2 is 1.85 bits per heavy atom. The summed E-state index contributed by atoms with van der Waals surface area (Å²) >= 11 is 0. The molecule has 0 unspecified atom stereocenters. The average molecular weight is 461 g/mol. The van der Waals surface area contributed by atoms with E-state index in [-0.39, 0.29) is 41.3 Å². The lowest BCUT2D eigenvalue weighted by molar-refractivity contribution is -0.273. The van der Waals surface area contributed by atoms with Crippen LogP contribution in [0.2, 0.25) is 0 Å². The molecule has 6 aliphatic rings. The van der Waals surface area contributed by atoms with E-state index in [1.54, 1.807) is 0 Å². The second-order valence-electron chi connectivity index (χ2n) is 13.0. The minimum Gasteiger partial charge on any atom is -0.481 e. The molecule has 3 saturated heterocycles. The third-order valence-electron chi connectivity index (χ3n) is 11.6. The van der Waals surface area contributed by atoms with Gasteiger partial charge < -0.3 is 19.3 Å². The SMILES string of the molecule is C[C@@H]1CC[C@@]2(OC1)O[C@H]1C[C@@H]3[C@@H]4C[C@@H]5OC(=O)C[C@@H]5[C@](C)(CC(=O)O)[C@@H]4CC[C@]3(C)[C@H]1[C@@H]2C. The van der Waals surface area contributed by atoms with Gasteiger partial charge >= 0.3 is 11.9 Å². The van der Waals surface area contributed by atoms with Crippen molar-refractivity contribution in [3.63, 3.8) is 0 Å². The number of ether oxygens (including phenoxy) is 3. The smallest absolute Gasteiger partial charge is 0.306 e. The number of esters is 1. The maximum Gasteiger partial charge on any atom is 0.306 e. The molecular weight excluding hydrogens is 420 g/mol. The van der Waals surface area contributed by atoms with E-state index in [2.05, 4.69) is 27.7 Å². The molecule has 0 radical (unpaired) electrons. The Labute approximate surface area is 197 Å². The van der Waals surface area contributed by atoms with Crippen molar-refractivity contribution in [1.82, 2.24) is 0 Å². The van der Waals surface area contributed by atoms with Crippen molar-refractivity contribution < 1.29 is 28.9 Å². The van der Waals surface area contributed by atoms with Crippen molar-refractivity contribution in [2.45, 2.75) is 97.1 Å². The standard InChI is InChI=1S/C27H40O6/c1-14-5-8-27(31-13-14)15(2)24-21(33-27)10-18-16-9-20-19(11-23(30)32-20)26(4,12-22(28)29)17(16)6-7-25(18,24)3/h14-21,24H,5-13H2,1-4H3,(H,28,29)/t14-,15+,16-,17-,18-,19+,20+,21+,24+,25+,26-,27-/m1/s1. The van der Waals surface area contributed by atoms with Crippen molar-refractivity contribution >= 4 is 11.9 Å². The number of fused-ring (bicyclic) bond motifs is 6. The summed E-state index contributed by atoms with van der Waals surface area (Å²) in [6.45, 7) is 10.0. The van der Waals surface area contributed by atoms with Crippen LogP contribution in [0.3, 0.4) is 0 Å². The topological polar surface area (TPSA) is 82.1 Å². The molecule has 0 aromatic carbocycles. The van der Waals surface area contributed by atoms with Crippen molar-refractivity contribution in [2.75, 3.05) is 6.61 Å². The van der Waals surface area contributed by atoms with Gasteiger partial charge in [0.15, 0.2) is 5.79 Å². The fourth-order valence-corrected chi connectivity index (χ4v) is 10.1. The molecule has 0 aromatic heterocycles. The van der Waals surface area contributed by atoms with Crippen LogP contribution in [0.4, 0.5) is 0 Å². The van der Waals surface area contributed by atoms with Crippen LogP contribution < -0.4 is 0 Å². The van der Waals surface area contributed by atoms with Crippen LogP contribution in [0.5, 0.6) is 0 Å². The quantitative estimate of drug-likeness (QED) is 0.604. The number of aliphatic carboxylic acids is 1. The van der Waals surface area contributed by atoms with E-state index in [0.29, 0.717) is 41.9 Å². The molecule has 6 fully saturated rings. The molecule has 6 rings (SSSR count). The summed E-state index contributed by atoms with van der Waals surface area (Å²) in [5, 5.41) is 9.81. The van der Waals surface area contributed by atoms with Gasteiger partial charge in [0, 0.05) is 18.3 Å². The fourth-order valence-electron chi connectivity index (χ4n) is 10.1. The van der Waals surface area contributed by atoms with Crippen LogP contribution in [0.25, 0.3) is 0 Å². The molecule has 6 nitrogen and oxygen atoms in total. The van der Waals surface area contributed by atoms with Crippen LogP contribution in [0.1, 0.15) is 79.1 Å². The first kappa shape index (κ1) is 22.3. The number of hydrogen-bond acceptors (Lipinski definition) is 5. The lowest BCUT2D eigenvalue weighted by Gasteiger charge is -2.59. The van der Waals surface area contributed by atoms with E-state index in [0.717, 1.165) is 45.1 Å². The number of carboxylic acid groups (broad SMARTS) is 1. The van der Waals surface area contributed by atoms with Gasteiger partial charge in [-0.05, 0) is 72.5 Å². The molecule has 6 heteroatoms. The molecule has 0 amide bonds. The van der Waals surface area contributed by atoms with Gasteiger partial charge in [-0.25, -0.2) is 0 Å². The summed E-state index contributed by atoms with van der Waals surface area (Å²) in [7, 11) is 0. The van der Waals surface area contributed by atoms with Gasteiger partial charge in [0.2, 0.25) is 0 Å². The zero-order chi connectivity index (χ0) is 23.3.